The predicted octanol–water partition coefficient (Wildman–Crippen LogP) is 2.06. The molecule has 0 aliphatic heterocycles. The highest BCUT2D eigenvalue weighted by Gasteiger charge is 1.98. The minimum atomic E-state index is 0.0667. The van der Waals surface area contributed by atoms with E-state index in [1.807, 2.05) is 0 Å². The Kier molecular flexibility index (Phi) is 12.8. The molecule has 0 rings (SSSR count). The highest BCUT2D eigenvalue weighted by Crippen LogP contribution is 2.02. The standard InChI is InChI=1S/C13H29NO2S2/c1-13(2)6-5-8-15-10-11-16-9-7-14(3)12-18(4)17/h13H,5-12H2,1-4H3. The number of ether oxygens (including phenoxy) is 2. The molecule has 0 saturated heterocycles. The molecule has 0 spiro atoms. The summed E-state index contributed by atoms with van der Waals surface area (Å²) in [5.41, 5.74) is 0. The molecule has 0 bridgehead atoms. The van der Waals surface area contributed by atoms with Crippen LogP contribution in [-0.2, 0) is 30.1 Å². The summed E-state index contributed by atoms with van der Waals surface area (Å²) in [5.74, 6) is 1.75. The van der Waals surface area contributed by atoms with Crippen molar-refractivity contribution in [3.63, 3.8) is 0 Å². The van der Waals surface area contributed by atoms with E-state index in [0.717, 1.165) is 38.0 Å². The molecule has 0 amide bonds. The van der Waals surface area contributed by atoms with E-state index < -0.39 is 0 Å². The first-order valence-corrected chi connectivity index (χ1v) is 9.39. The largest absolute Gasteiger partial charge is 0.379 e. The lowest BCUT2D eigenvalue weighted by atomic mass is 10.1. The molecular weight excluding hydrogens is 266 g/mol. The average Bonchev–Trinajstić information content (AvgIpc) is 2.25. The number of hydrogen-bond acceptors (Lipinski definition) is 4. The first kappa shape index (κ1) is 18.4. The van der Waals surface area contributed by atoms with Crippen LogP contribution in [-0.4, -0.2) is 57.1 Å². The summed E-state index contributed by atoms with van der Waals surface area (Å²) in [4.78, 5) is 2.22. The minimum Gasteiger partial charge on any atom is -0.379 e. The fourth-order valence-corrected chi connectivity index (χ4v) is 2.80. The maximum Gasteiger partial charge on any atom is 0.0701 e. The van der Waals surface area contributed by atoms with E-state index in [2.05, 4.69) is 32.1 Å². The first-order chi connectivity index (χ1) is 8.52. The Morgan fingerprint density at radius 3 is 2.28 bits per heavy atom. The number of rotatable bonds is 12. The second-order valence-electron chi connectivity index (χ2n) is 5.04. The second kappa shape index (κ2) is 12.5. The van der Waals surface area contributed by atoms with Gasteiger partial charge in [-0.3, -0.25) is 4.90 Å². The maximum absolute atomic E-state index is 5.52. The van der Waals surface area contributed by atoms with Gasteiger partial charge in [-0.2, -0.15) is 0 Å². The van der Waals surface area contributed by atoms with Crippen LogP contribution in [0.15, 0.2) is 0 Å². The first-order valence-electron chi connectivity index (χ1n) is 6.66. The van der Waals surface area contributed by atoms with Crippen molar-refractivity contribution >= 4 is 20.6 Å². The van der Waals surface area contributed by atoms with E-state index in [9.17, 15) is 0 Å². The van der Waals surface area contributed by atoms with Gasteiger partial charge in [0.15, 0.2) is 0 Å². The monoisotopic (exact) mass is 295 g/mol. The zero-order valence-corrected chi connectivity index (χ0v) is 13.9. The zero-order chi connectivity index (χ0) is 13.8. The maximum atomic E-state index is 5.52. The summed E-state index contributed by atoms with van der Waals surface area (Å²) >= 11 is 5.16. The molecule has 0 N–H and O–H groups in total. The van der Waals surface area contributed by atoms with Crippen LogP contribution in [0.4, 0.5) is 0 Å². The van der Waals surface area contributed by atoms with Gasteiger partial charge in [-0.25, -0.2) is 0 Å². The molecule has 1 unspecified atom stereocenters. The van der Waals surface area contributed by atoms with Crippen LogP contribution >= 0.6 is 0 Å². The van der Waals surface area contributed by atoms with Gasteiger partial charge in [0.1, 0.15) is 0 Å². The van der Waals surface area contributed by atoms with E-state index in [0.29, 0.717) is 13.2 Å². The zero-order valence-electron chi connectivity index (χ0n) is 12.3. The lowest BCUT2D eigenvalue weighted by Crippen LogP contribution is -2.26. The van der Waals surface area contributed by atoms with Crippen molar-refractivity contribution in [2.75, 3.05) is 52.2 Å². The summed E-state index contributed by atoms with van der Waals surface area (Å²) in [6.07, 6.45) is 4.47. The summed E-state index contributed by atoms with van der Waals surface area (Å²) in [6.45, 7) is 8.45. The smallest absolute Gasteiger partial charge is 0.0701 e. The van der Waals surface area contributed by atoms with Gasteiger partial charge in [-0.15, -0.1) is 9.45 Å². The Morgan fingerprint density at radius 1 is 1.11 bits per heavy atom. The van der Waals surface area contributed by atoms with Gasteiger partial charge in [-0.05, 0) is 32.1 Å². The van der Waals surface area contributed by atoms with Crippen LogP contribution < -0.4 is 0 Å². The van der Waals surface area contributed by atoms with Crippen molar-refractivity contribution < 1.29 is 9.47 Å². The Balaban J connectivity index is 3.14. The molecule has 0 aromatic carbocycles. The molecule has 0 aliphatic rings. The molecule has 0 aliphatic carbocycles. The fourth-order valence-electron chi connectivity index (χ4n) is 1.51. The molecule has 0 aromatic rings. The summed E-state index contributed by atoms with van der Waals surface area (Å²) in [7, 11) is 2.15. The molecule has 110 valence electrons. The van der Waals surface area contributed by atoms with Gasteiger partial charge in [-0.1, -0.05) is 25.0 Å². The molecule has 0 heterocycles. The van der Waals surface area contributed by atoms with Crippen molar-refractivity contribution in [3.8, 4) is 0 Å². The van der Waals surface area contributed by atoms with Crippen molar-refractivity contribution in [3.05, 3.63) is 0 Å². The Hall–Kier alpha value is 0.450. The fraction of sp³-hybridized carbons (Fsp3) is 1.00. The topological polar surface area (TPSA) is 21.7 Å². The second-order valence-corrected chi connectivity index (χ2v) is 8.15. The van der Waals surface area contributed by atoms with Gasteiger partial charge in [0.25, 0.3) is 0 Å². The molecule has 0 saturated carbocycles. The van der Waals surface area contributed by atoms with Crippen molar-refractivity contribution in [1.29, 1.82) is 0 Å². The van der Waals surface area contributed by atoms with Crippen LogP contribution in [0.5, 0.6) is 0 Å². The summed E-state index contributed by atoms with van der Waals surface area (Å²) < 4.78 is 11.0. The summed E-state index contributed by atoms with van der Waals surface area (Å²) in [6, 6.07) is 0. The third-order valence-electron chi connectivity index (χ3n) is 2.46. The SMILES string of the molecule is CC(C)CCCOCCOCCN(C)CS(C)=S. The van der Waals surface area contributed by atoms with Gasteiger partial charge in [0, 0.05) is 19.0 Å². The molecule has 5 heteroatoms. The van der Waals surface area contributed by atoms with E-state index in [1.165, 1.54) is 6.42 Å². The quantitative estimate of drug-likeness (QED) is 0.514. The van der Waals surface area contributed by atoms with E-state index in [-0.39, 0.29) is 9.45 Å². The lowest BCUT2D eigenvalue weighted by Gasteiger charge is -2.15. The Morgan fingerprint density at radius 2 is 1.72 bits per heavy atom. The molecule has 3 nitrogen and oxygen atoms in total. The third-order valence-corrected chi connectivity index (χ3v) is 3.58. The van der Waals surface area contributed by atoms with Crippen LogP contribution in [0.1, 0.15) is 26.7 Å². The highest BCUT2D eigenvalue weighted by atomic mass is 32.8. The Bertz CT molecular complexity index is 213. The van der Waals surface area contributed by atoms with Crippen molar-refractivity contribution in [2.45, 2.75) is 26.7 Å². The van der Waals surface area contributed by atoms with Crippen LogP contribution in [0, 0.1) is 5.92 Å². The molecular formula is C13H29NO2S2. The molecule has 0 fully saturated rings. The molecule has 0 radical (unpaired) electrons. The third kappa shape index (κ3) is 14.5. The van der Waals surface area contributed by atoms with Crippen LogP contribution in [0.2, 0.25) is 0 Å². The Labute approximate surface area is 120 Å². The van der Waals surface area contributed by atoms with Gasteiger partial charge in [0.05, 0.1) is 19.8 Å². The number of nitrogens with zero attached hydrogens (tertiary/aromatic N) is 1. The number of hydrogen-bond donors (Lipinski definition) is 0. The molecule has 0 aromatic heterocycles. The normalized spacial score (nSPS) is 13.4. The lowest BCUT2D eigenvalue weighted by molar-refractivity contribution is 0.0404. The van der Waals surface area contributed by atoms with Crippen molar-refractivity contribution in [2.24, 2.45) is 5.92 Å². The average molecular weight is 296 g/mol. The van der Waals surface area contributed by atoms with E-state index >= 15 is 0 Å². The van der Waals surface area contributed by atoms with Crippen molar-refractivity contribution in [1.82, 2.24) is 4.90 Å². The van der Waals surface area contributed by atoms with Crippen LogP contribution in [0.25, 0.3) is 0 Å². The minimum absolute atomic E-state index is 0.0667. The highest BCUT2D eigenvalue weighted by molar-refractivity contribution is 8.28. The van der Waals surface area contributed by atoms with E-state index in [1.54, 1.807) is 0 Å². The van der Waals surface area contributed by atoms with Gasteiger partial charge < -0.3 is 9.47 Å². The van der Waals surface area contributed by atoms with Gasteiger partial charge in [0.2, 0.25) is 0 Å². The number of likely N-dealkylation sites (N-methyl/N-ethyl adjacent to an activating group) is 1. The van der Waals surface area contributed by atoms with Gasteiger partial charge >= 0.3 is 0 Å². The molecule has 18 heavy (non-hydrogen) atoms. The predicted molar refractivity (Wildman–Crippen MR) is 83.9 cm³/mol. The van der Waals surface area contributed by atoms with Crippen LogP contribution in [0.3, 0.4) is 0 Å². The summed E-state index contributed by atoms with van der Waals surface area (Å²) in [5, 5.41) is 0. The molecule has 1 atom stereocenters. The van der Waals surface area contributed by atoms with E-state index in [4.69, 9.17) is 20.7 Å².